The summed E-state index contributed by atoms with van der Waals surface area (Å²) >= 11 is 0. The van der Waals surface area contributed by atoms with E-state index in [1.807, 2.05) is 0 Å². The number of esters is 1. The van der Waals surface area contributed by atoms with Gasteiger partial charge >= 0.3 is 5.97 Å². The maximum atomic E-state index is 11.6. The molecule has 0 aromatic rings. The van der Waals surface area contributed by atoms with Crippen molar-refractivity contribution in [3.05, 3.63) is 0 Å². The molecule has 0 spiro atoms. The predicted molar refractivity (Wildman–Crippen MR) is 71.5 cm³/mol. The molecule has 3 aliphatic rings. The van der Waals surface area contributed by atoms with E-state index in [4.69, 9.17) is 4.74 Å². The van der Waals surface area contributed by atoms with Crippen LogP contribution in [0, 0.1) is 23.2 Å². The van der Waals surface area contributed by atoms with Gasteiger partial charge in [0.1, 0.15) is 11.9 Å². The molecular weight excluding hydrogens is 240 g/mol. The Bertz CT molecular complexity index is 403. The maximum Gasteiger partial charge on any atom is 0.302 e. The first kappa shape index (κ1) is 13.1. The van der Waals surface area contributed by atoms with Crippen LogP contribution in [0.1, 0.15) is 58.8 Å². The lowest BCUT2D eigenvalue weighted by Gasteiger charge is -2.48. The molecule has 106 valence electrons. The number of carbonyl (C=O) groups excluding carboxylic acids is 2. The van der Waals surface area contributed by atoms with E-state index in [0.29, 0.717) is 23.5 Å². The number of ketones is 1. The number of hydrogen-bond donors (Lipinski definition) is 0. The SMILES string of the molecule is CC(=O)O[C@H]1CC[C@H]2C[C@@H]3CC(=O)CC[C@@H]3C[C@@]21C. The van der Waals surface area contributed by atoms with Crippen molar-refractivity contribution in [1.29, 1.82) is 0 Å². The molecule has 3 fully saturated rings. The third kappa shape index (κ3) is 2.21. The van der Waals surface area contributed by atoms with Gasteiger partial charge in [0.15, 0.2) is 0 Å². The molecule has 0 unspecified atom stereocenters. The highest BCUT2D eigenvalue weighted by atomic mass is 16.5. The van der Waals surface area contributed by atoms with Crippen molar-refractivity contribution in [3.8, 4) is 0 Å². The first-order valence-corrected chi connectivity index (χ1v) is 7.68. The second-order valence-corrected chi connectivity index (χ2v) is 7.12. The summed E-state index contributed by atoms with van der Waals surface area (Å²) in [7, 11) is 0. The quantitative estimate of drug-likeness (QED) is 0.683. The highest BCUT2D eigenvalue weighted by Gasteiger charge is 2.54. The van der Waals surface area contributed by atoms with Gasteiger partial charge in [-0.05, 0) is 49.9 Å². The second kappa shape index (κ2) is 4.60. The molecule has 5 atom stereocenters. The van der Waals surface area contributed by atoms with Gasteiger partial charge in [0.25, 0.3) is 0 Å². The summed E-state index contributed by atoms with van der Waals surface area (Å²) in [6.07, 6.45) is 7.21. The Morgan fingerprint density at radius 2 is 2.05 bits per heavy atom. The fourth-order valence-electron chi connectivity index (χ4n) is 4.97. The zero-order valence-corrected chi connectivity index (χ0v) is 12.0. The van der Waals surface area contributed by atoms with Crippen molar-refractivity contribution in [1.82, 2.24) is 0 Å². The van der Waals surface area contributed by atoms with E-state index in [1.54, 1.807) is 0 Å². The summed E-state index contributed by atoms with van der Waals surface area (Å²) < 4.78 is 5.58. The van der Waals surface area contributed by atoms with E-state index in [0.717, 1.165) is 38.5 Å². The van der Waals surface area contributed by atoms with Crippen LogP contribution in [0.4, 0.5) is 0 Å². The molecule has 0 heterocycles. The highest BCUT2D eigenvalue weighted by Crippen LogP contribution is 2.58. The Kier molecular flexibility index (Phi) is 3.18. The number of hydrogen-bond acceptors (Lipinski definition) is 3. The molecule has 0 radical (unpaired) electrons. The van der Waals surface area contributed by atoms with Crippen LogP contribution in [0.3, 0.4) is 0 Å². The van der Waals surface area contributed by atoms with Crippen molar-refractivity contribution in [2.24, 2.45) is 23.2 Å². The van der Waals surface area contributed by atoms with Gasteiger partial charge in [-0.25, -0.2) is 0 Å². The van der Waals surface area contributed by atoms with E-state index in [2.05, 4.69) is 6.92 Å². The average molecular weight is 264 g/mol. The third-order valence-corrected chi connectivity index (χ3v) is 5.99. The zero-order chi connectivity index (χ0) is 13.6. The van der Waals surface area contributed by atoms with Crippen molar-refractivity contribution in [2.75, 3.05) is 0 Å². The summed E-state index contributed by atoms with van der Waals surface area (Å²) in [6, 6.07) is 0. The van der Waals surface area contributed by atoms with Crippen molar-refractivity contribution in [3.63, 3.8) is 0 Å². The number of fused-ring (bicyclic) bond motifs is 2. The molecule has 0 saturated heterocycles. The van der Waals surface area contributed by atoms with Crippen molar-refractivity contribution < 1.29 is 14.3 Å². The molecule has 0 N–H and O–H groups in total. The Balaban J connectivity index is 1.76. The van der Waals surface area contributed by atoms with Gasteiger partial charge in [-0.1, -0.05) is 6.92 Å². The standard InChI is InChI=1S/C16H24O3/c1-10(17)19-15-6-4-13-7-12-8-14(18)5-3-11(12)9-16(13,15)2/h11-13,15H,3-9H2,1-2H3/t11-,12-,13+,15+,16+/m1/s1. The van der Waals surface area contributed by atoms with E-state index in [1.165, 1.54) is 13.3 Å². The van der Waals surface area contributed by atoms with Crippen LogP contribution >= 0.6 is 0 Å². The van der Waals surface area contributed by atoms with E-state index < -0.39 is 0 Å². The van der Waals surface area contributed by atoms with E-state index in [9.17, 15) is 9.59 Å². The minimum Gasteiger partial charge on any atom is -0.462 e. The van der Waals surface area contributed by atoms with Gasteiger partial charge in [0, 0.05) is 25.2 Å². The van der Waals surface area contributed by atoms with Gasteiger partial charge in [-0.3, -0.25) is 9.59 Å². The summed E-state index contributed by atoms with van der Waals surface area (Å²) in [6.45, 7) is 3.83. The fraction of sp³-hybridized carbons (Fsp3) is 0.875. The molecule has 3 heteroatoms. The first-order valence-electron chi connectivity index (χ1n) is 7.68. The molecule has 3 rings (SSSR count). The van der Waals surface area contributed by atoms with Crippen LogP contribution in [0.5, 0.6) is 0 Å². The van der Waals surface area contributed by atoms with Gasteiger partial charge < -0.3 is 4.74 Å². The lowest BCUT2D eigenvalue weighted by molar-refractivity contribution is -0.155. The van der Waals surface area contributed by atoms with Gasteiger partial charge in [0.05, 0.1) is 0 Å². The average Bonchev–Trinajstić information content (AvgIpc) is 2.63. The third-order valence-electron chi connectivity index (χ3n) is 5.99. The lowest BCUT2D eigenvalue weighted by atomic mass is 9.57. The Morgan fingerprint density at radius 1 is 1.26 bits per heavy atom. The molecule has 0 aliphatic heterocycles. The fourth-order valence-corrected chi connectivity index (χ4v) is 4.97. The van der Waals surface area contributed by atoms with Crippen LogP contribution in [0.2, 0.25) is 0 Å². The highest BCUT2D eigenvalue weighted by molar-refractivity contribution is 5.79. The Labute approximate surface area is 115 Å². The van der Waals surface area contributed by atoms with Gasteiger partial charge in [-0.15, -0.1) is 0 Å². The zero-order valence-electron chi connectivity index (χ0n) is 12.0. The summed E-state index contributed by atoms with van der Waals surface area (Å²) in [5.74, 6) is 2.24. The number of ether oxygens (including phenoxy) is 1. The van der Waals surface area contributed by atoms with Crippen LogP contribution in [0.15, 0.2) is 0 Å². The van der Waals surface area contributed by atoms with Crippen LogP contribution < -0.4 is 0 Å². The van der Waals surface area contributed by atoms with Crippen LogP contribution in [-0.2, 0) is 14.3 Å². The topological polar surface area (TPSA) is 43.4 Å². The molecule has 19 heavy (non-hydrogen) atoms. The smallest absolute Gasteiger partial charge is 0.302 e. The minimum atomic E-state index is -0.146. The molecule has 3 nitrogen and oxygen atoms in total. The molecule has 0 bridgehead atoms. The summed E-state index contributed by atoms with van der Waals surface area (Å²) in [4.78, 5) is 22.9. The Hall–Kier alpha value is -0.860. The second-order valence-electron chi connectivity index (χ2n) is 7.12. The van der Waals surface area contributed by atoms with Crippen molar-refractivity contribution >= 4 is 11.8 Å². The Morgan fingerprint density at radius 3 is 2.79 bits per heavy atom. The number of rotatable bonds is 1. The van der Waals surface area contributed by atoms with Gasteiger partial charge in [0.2, 0.25) is 0 Å². The van der Waals surface area contributed by atoms with Crippen LogP contribution in [0.25, 0.3) is 0 Å². The van der Waals surface area contributed by atoms with Crippen LogP contribution in [-0.4, -0.2) is 17.9 Å². The lowest BCUT2D eigenvalue weighted by Crippen LogP contribution is -2.45. The first-order chi connectivity index (χ1) is 8.99. The maximum absolute atomic E-state index is 11.6. The number of Topliss-reactive ketones (excluding diaryl/α,β-unsaturated/α-hetero) is 1. The monoisotopic (exact) mass is 264 g/mol. The summed E-state index contributed by atoms with van der Waals surface area (Å²) in [5, 5.41) is 0. The molecule has 3 saturated carbocycles. The van der Waals surface area contributed by atoms with Crippen molar-refractivity contribution in [2.45, 2.75) is 64.9 Å². The number of carbonyl (C=O) groups is 2. The molecule has 3 aliphatic carbocycles. The van der Waals surface area contributed by atoms with Gasteiger partial charge in [-0.2, -0.15) is 0 Å². The minimum absolute atomic E-state index is 0.105. The van der Waals surface area contributed by atoms with E-state index in [-0.39, 0.29) is 17.5 Å². The summed E-state index contributed by atoms with van der Waals surface area (Å²) in [5.41, 5.74) is 0.160. The van der Waals surface area contributed by atoms with E-state index >= 15 is 0 Å². The largest absolute Gasteiger partial charge is 0.462 e. The normalized spacial score (nSPS) is 45.5. The molecule has 0 aromatic carbocycles. The molecular formula is C16H24O3. The molecule has 0 amide bonds. The predicted octanol–water partition coefficient (Wildman–Crippen LogP) is 3.11. The molecule has 0 aromatic heterocycles.